The molecule has 5 nitrogen and oxygen atoms in total. The van der Waals surface area contributed by atoms with Gasteiger partial charge in [0.25, 0.3) is 0 Å². The second-order valence-corrected chi connectivity index (χ2v) is 6.60. The molecule has 4 aromatic rings. The van der Waals surface area contributed by atoms with Gasteiger partial charge in [0.05, 0.1) is 17.7 Å². The van der Waals surface area contributed by atoms with Gasteiger partial charge in [-0.3, -0.25) is 0 Å². The highest BCUT2D eigenvalue weighted by Gasteiger charge is 2.17. The molecule has 0 amide bonds. The van der Waals surface area contributed by atoms with E-state index < -0.39 is 0 Å². The first-order valence-corrected chi connectivity index (χ1v) is 8.96. The molecule has 0 aliphatic carbocycles. The molecule has 2 N–H and O–H groups in total. The fraction of sp³-hybridized carbons (Fsp3) is 0.136. The Labute approximate surface area is 158 Å². The lowest BCUT2D eigenvalue weighted by Gasteiger charge is -2.16. The monoisotopic (exact) mass is 355 g/mol. The van der Waals surface area contributed by atoms with E-state index in [1.165, 1.54) is 5.56 Å². The summed E-state index contributed by atoms with van der Waals surface area (Å²) in [6, 6.07) is 20.7. The van der Waals surface area contributed by atoms with Crippen molar-refractivity contribution in [1.29, 1.82) is 0 Å². The molecule has 0 aliphatic heterocycles. The van der Waals surface area contributed by atoms with Crippen LogP contribution in [0.4, 0.5) is 5.95 Å². The van der Waals surface area contributed by atoms with Crippen LogP contribution in [0.5, 0.6) is 0 Å². The molecule has 0 fully saturated rings. The second-order valence-electron chi connectivity index (χ2n) is 6.60. The Bertz CT molecular complexity index is 1010. The molecule has 2 heterocycles. The summed E-state index contributed by atoms with van der Waals surface area (Å²) in [5.41, 5.74) is 10.9. The van der Waals surface area contributed by atoms with Crippen molar-refractivity contribution in [1.82, 2.24) is 19.5 Å². The summed E-state index contributed by atoms with van der Waals surface area (Å²) in [6.45, 7) is 3.03. The molecule has 5 heteroatoms. The minimum Gasteiger partial charge on any atom is -0.368 e. The molecule has 4 rings (SSSR count). The SMILES string of the molecule is C[C@H](Cn1cnc(-c2ccccc2)c1-c1cnc(N)nc1)c1ccccc1. The lowest BCUT2D eigenvalue weighted by molar-refractivity contribution is 0.601. The fourth-order valence-corrected chi connectivity index (χ4v) is 3.27. The molecular formula is C22H21N5. The molecular weight excluding hydrogens is 334 g/mol. The van der Waals surface area contributed by atoms with E-state index in [-0.39, 0.29) is 5.95 Å². The normalized spacial score (nSPS) is 12.0. The van der Waals surface area contributed by atoms with E-state index in [0.29, 0.717) is 5.92 Å². The number of imidazole rings is 1. The third-order valence-electron chi connectivity index (χ3n) is 4.67. The van der Waals surface area contributed by atoms with Gasteiger partial charge in [-0.25, -0.2) is 15.0 Å². The standard InChI is InChI=1S/C22H21N5/c1-16(17-8-4-2-5-9-17)14-27-15-26-20(18-10-6-3-7-11-18)21(27)19-12-24-22(23)25-13-19/h2-13,15-16H,14H2,1H3,(H2,23,24,25)/t16-/m1/s1. The molecule has 134 valence electrons. The van der Waals surface area contributed by atoms with Gasteiger partial charge < -0.3 is 10.3 Å². The van der Waals surface area contributed by atoms with Crippen molar-refractivity contribution in [2.45, 2.75) is 19.4 Å². The first kappa shape index (κ1) is 17.0. The third-order valence-corrected chi connectivity index (χ3v) is 4.67. The van der Waals surface area contributed by atoms with Crippen LogP contribution in [0, 0.1) is 0 Å². The second kappa shape index (κ2) is 7.41. The highest BCUT2D eigenvalue weighted by Crippen LogP contribution is 2.32. The predicted molar refractivity (Wildman–Crippen MR) is 108 cm³/mol. The van der Waals surface area contributed by atoms with Crippen LogP contribution in [-0.2, 0) is 6.54 Å². The number of rotatable bonds is 5. The number of nitrogens with two attached hydrogens (primary N) is 1. The summed E-state index contributed by atoms with van der Waals surface area (Å²) in [7, 11) is 0. The van der Waals surface area contributed by atoms with E-state index >= 15 is 0 Å². The zero-order chi connectivity index (χ0) is 18.6. The number of hydrogen-bond donors (Lipinski definition) is 1. The van der Waals surface area contributed by atoms with Gasteiger partial charge in [-0.05, 0) is 11.5 Å². The van der Waals surface area contributed by atoms with Gasteiger partial charge in [0.15, 0.2) is 0 Å². The maximum absolute atomic E-state index is 5.68. The van der Waals surface area contributed by atoms with Gasteiger partial charge in [-0.1, -0.05) is 67.6 Å². The first-order valence-electron chi connectivity index (χ1n) is 8.96. The first-order chi connectivity index (χ1) is 13.2. The van der Waals surface area contributed by atoms with Crippen LogP contribution in [0.15, 0.2) is 79.4 Å². The van der Waals surface area contributed by atoms with Crippen LogP contribution >= 0.6 is 0 Å². The van der Waals surface area contributed by atoms with Crippen LogP contribution in [0.1, 0.15) is 18.4 Å². The van der Waals surface area contributed by atoms with Crippen molar-refractivity contribution in [2.24, 2.45) is 0 Å². The molecule has 1 atom stereocenters. The Morgan fingerprint density at radius 1 is 0.852 bits per heavy atom. The number of benzene rings is 2. The summed E-state index contributed by atoms with van der Waals surface area (Å²) < 4.78 is 2.18. The average Bonchev–Trinajstić information content (AvgIpc) is 3.13. The van der Waals surface area contributed by atoms with Crippen molar-refractivity contribution in [3.05, 3.63) is 84.9 Å². The largest absolute Gasteiger partial charge is 0.368 e. The molecule has 2 aromatic heterocycles. The summed E-state index contributed by atoms with van der Waals surface area (Å²) >= 11 is 0. The highest BCUT2D eigenvalue weighted by molar-refractivity contribution is 5.78. The smallest absolute Gasteiger partial charge is 0.219 e. The molecule has 0 unspecified atom stereocenters. The molecule has 0 bridgehead atoms. The maximum atomic E-state index is 5.68. The van der Waals surface area contributed by atoms with Gasteiger partial charge in [0.2, 0.25) is 5.95 Å². The molecule has 0 aliphatic rings. The Hall–Kier alpha value is -3.47. The third kappa shape index (κ3) is 3.58. The number of nitrogens with zero attached hydrogens (tertiary/aromatic N) is 4. The molecule has 0 saturated carbocycles. The summed E-state index contributed by atoms with van der Waals surface area (Å²) in [5.74, 6) is 0.612. The van der Waals surface area contributed by atoms with Crippen LogP contribution in [0.3, 0.4) is 0 Å². The topological polar surface area (TPSA) is 69.6 Å². The minimum atomic E-state index is 0.267. The molecule has 0 saturated heterocycles. The van der Waals surface area contributed by atoms with Gasteiger partial charge >= 0.3 is 0 Å². The molecule has 0 radical (unpaired) electrons. The van der Waals surface area contributed by atoms with E-state index in [1.54, 1.807) is 12.4 Å². The van der Waals surface area contributed by atoms with E-state index in [4.69, 9.17) is 10.7 Å². The summed E-state index contributed by atoms with van der Waals surface area (Å²) in [6.07, 6.45) is 5.42. The van der Waals surface area contributed by atoms with Crippen LogP contribution in [0.25, 0.3) is 22.5 Å². The lowest BCUT2D eigenvalue weighted by atomic mass is 10.0. The van der Waals surface area contributed by atoms with Crippen molar-refractivity contribution in [3.8, 4) is 22.5 Å². The number of nitrogen functional groups attached to an aromatic ring is 1. The van der Waals surface area contributed by atoms with Gasteiger partial charge in [-0.2, -0.15) is 0 Å². The van der Waals surface area contributed by atoms with Crippen LogP contribution in [-0.4, -0.2) is 19.5 Å². The van der Waals surface area contributed by atoms with E-state index in [2.05, 4.69) is 57.9 Å². The van der Waals surface area contributed by atoms with Gasteiger partial charge in [0, 0.05) is 30.1 Å². The van der Waals surface area contributed by atoms with Crippen molar-refractivity contribution in [2.75, 3.05) is 5.73 Å². The van der Waals surface area contributed by atoms with Crippen LogP contribution in [0.2, 0.25) is 0 Å². The Balaban J connectivity index is 1.77. The van der Waals surface area contributed by atoms with Crippen molar-refractivity contribution in [3.63, 3.8) is 0 Å². The number of aromatic nitrogens is 4. The predicted octanol–water partition coefficient (Wildman–Crippen LogP) is 4.39. The quantitative estimate of drug-likeness (QED) is 0.576. The Morgan fingerprint density at radius 2 is 1.48 bits per heavy atom. The molecule has 27 heavy (non-hydrogen) atoms. The highest BCUT2D eigenvalue weighted by atomic mass is 15.1. The van der Waals surface area contributed by atoms with Crippen LogP contribution < -0.4 is 5.73 Å². The Kier molecular flexibility index (Phi) is 4.66. The van der Waals surface area contributed by atoms with E-state index in [9.17, 15) is 0 Å². The maximum Gasteiger partial charge on any atom is 0.219 e. The molecule has 2 aromatic carbocycles. The van der Waals surface area contributed by atoms with Crippen molar-refractivity contribution < 1.29 is 0 Å². The number of hydrogen-bond acceptors (Lipinski definition) is 4. The zero-order valence-corrected chi connectivity index (χ0v) is 15.2. The summed E-state index contributed by atoms with van der Waals surface area (Å²) in [5, 5.41) is 0. The minimum absolute atomic E-state index is 0.267. The van der Waals surface area contributed by atoms with Gasteiger partial charge in [0.1, 0.15) is 0 Å². The van der Waals surface area contributed by atoms with E-state index in [0.717, 1.165) is 29.1 Å². The Morgan fingerprint density at radius 3 is 2.15 bits per heavy atom. The zero-order valence-electron chi connectivity index (χ0n) is 15.2. The summed E-state index contributed by atoms with van der Waals surface area (Å²) in [4.78, 5) is 13.1. The van der Waals surface area contributed by atoms with E-state index in [1.807, 2.05) is 30.6 Å². The number of anilines is 1. The van der Waals surface area contributed by atoms with Gasteiger partial charge in [-0.15, -0.1) is 0 Å². The van der Waals surface area contributed by atoms with Crippen molar-refractivity contribution >= 4 is 5.95 Å². The molecule has 0 spiro atoms. The lowest BCUT2D eigenvalue weighted by Crippen LogP contribution is -2.07. The average molecular weight is 355 g/mol. The fourth-order valence-electron chi connectivity index (χ4n) is 3.27.